The lowest BCUT2D eigenvalue weighted by atomic mass is 10.1. The van der Waals surface area contributed by atoms with Crippen molar-refractivity contribution in [1.29, 1.82) is 0 Å². The quantitative estimate of drug-likeness (QED) is 0.474. The van der Waals surface area contributed by atoms with E-state index in [0.717, 1.165) is 18.8 Å². The van der Waals surface area contributed by atoms with Gasteiger partial charge >= 0.3 is 0 Å². The normalized spacial score (nSPS) is 20.0. The molecule has 5 heterocycles. The van der Waals surface area contributed by atoms with Crippen LogP contribution in [0.3, 0.4) is 0 Å². The summed E-state index contributed by atoms with van der Waals surface area (Å²) in [6.45, 7) is 7.34. The number of amides is 1. The average molecular weight is 482 g/mol. The first kappa shape index (κ1) is 21.9. The summed E-state index contributed by atoms with van der Waals surface area (Å²) in [7, 11) is 0. The van der Waals surface area contributed by atoms with Gasteiger partial charge in [0.1, 0.15) is 11.4 Å². The first-order valence-electron chi connectivity index (χ1n) is 11.5. The number of hydrogen-bond donors (Lipinski definition) is 1. The molecule has 3 aromatic heterocycles. The van der Waals surface area contributed by atoms with E-state index in [-0.39, 0.29) is 34.5 Å². The van der Waals surface area contributed by atoms with Gasteiger partial charge in [0, 0.05) is 29.9 Å². The molecule has 0 radical (unpaired) electrons. The Labute approximate surface area is 199 Å². The molecule has 1 amide bonds. The van der Waals surface area contributed by atoms with Crippen molar-refractivity contribution in [3.63, 3.8) is 0 Å². The number of halogens is 2. The molecule has 2 atom stereocenters. The maximum Gasteiger partial charge on any atom is 0.265 e. The highest BCUT2D eigenvalue weighted by Gasteiger charge is 2.39. The Bertz CT molecular complexity index is 1460. The number of fused-ring (bicyclic) bond motifs is 4. The van der Waals surface area contributed by atoms with Crippen LogP contribution < -0.4 is 10.2 Å². The fourth-order valence-corrected chi connectivity index (χ4v) is 4.77. The highest BCUT2D eigenvalue weighted by atomic mass is 19.3. The second kappa shape index (κ2) is 7.70. The van der Waals surface area contributed by atoms with Crippen LogP contribution in [0.15, 0.2) is 36.8 Å². The third kappa shape index (κ3) is 3.70. The summed E-state index contributed by atoms with van der Waals surface area (Å²) in [5.41, 5.74) is 0.453. The maximum absolute atomic E-state index is 13.9. The smallest absolute Gasteiger partial charge is 0.265 e. The van der Waals surface area contributed by atoms with E-state index in [2.05, 4.69) is 25.4 Å². The van der Waals surface area contributed by atoms with Crippen molar-refractivity contribution >= 4 is 34.0 Å². The zero-order valence-electron chi connectivity index (χ0n) is 19.6. The van der Waals surface area contributed by atoms with Gasteiger partial charge in [0.25, 0.3) is 12.3 Å². The number of alkyl halides is 2. The predicted octanol–water partition coefficient (Wildman–Crippen LogP) is 4.00. The first-order valence-corrected chi connectivity index (χ1v) is 11.5. The second-order valence-electron chi connectivity index (χ2n) is 10.1. The molecule has 0 spiro atoms. The zero-order valence-corrected chi connectivity index (χ0v) is 19.6. The first-order chi connectivity index (χ1) is 16.7. The molecule has 0 aliphatic carbocycles. The van der Waals surface area contributed by atoms with E-state index < -0.39 is 12.3 Å². The number of morpholine rings is 1. The van der Waals surface area contributed by atoms with E-state index in [0.29, 0.717) is 23.2 Å². The van der Waals surface area contributed by atoms with Crippen LogP contribution in [0.1, 0.15) is 49.5 Å². The standard InChI is InChI=1S/C24H25F2N7O2/c1-24(2,3)33-10-13-6-19(16(21(25)26)8-18(13)30-33)28-23(34)17-9-27-32-5-4-20(29-22(17)32)31-11-15-7-14(31)12-35-15/h4-6,8-10,14-15,21H,7,11-12H2,1-3H3,(H,28,34). The lowest BCUT2D eigenvalue weighted by Crippen LogP contribution is -2.37. The van der Waals surface area contributed by atoms with Crippen molar-refractivity contribution < 1.29 is 18.3 Å². The SMILES string of the molecule is CC(C)(C)n1cc2cc(NC(=O)c3cnn4ccc(N5CC6CC5CO6)nc34)c(C(F)F)cc2n1. The lowest BCUT2D eigenvalue weighted by molar-refractivity contribution is 0.0988. The molecule has 11 heteroatoms. The fraction of sp³-hybridized carbons (Fsp3) is 0.417. The average Bonchev–Trinajstić information content (AvgIpc) is 3.59. The van der Waals surface area contributed by atoms with Crippen molar-refractivity contribution in [3.8, 4) is 0 Å². The monoisotopic (exact) mass is 481 g/mol. The van der Waals surface area contributed by atoms with Gasteiger partial charge in [-0.15, -0.1) is 0 Å². The highest BCUT2D eigenvalue weighted by molar-refractivity contribution is 6.09. The molecule has 1 aromatic carbocycles. The molecule has 2 fully saturated rings. The molecule has 1 N–H and O–H groups in total. The molecule has 2 aliphatic heterocycles. The minimum atomic E-state index is -2.78. The lowest BCUT2D eigenvalue weighted by Gasteiger charge is -2.27. The summed E-state index contributed by atoms with van der Waals surface area (Å²) >= 11 is 0. The van der Waals surface area contributed by atoms with Gasteiger partial charge in [-0.05, 0) is 45.4 Å². The number of benzene rings is 1. The molecule has 2 unspecified atom stereocenters. The minimum Gasteiger partial charge on any atom is -0.374 e. The largest absolute Gasteiger partial charge is 0.374 e. The molecule has 6 rings (SSSR count). The molecule has 0 saturated carbocycles. The van der Waals surface area contributed by atoms with Crippen LogP contribution in [0.25, 0.3) is 16.6 Å². The summed E-state index contributed by atoms with van der Waals surface area (Å²) in [6.07, 6.45) is 3.32. The third-order valence-electron chi connectivity index (χ3n) is 6.64. The van der Waals surface area contributed by atoms with E-state index in [1.807, 2.05) is 26.8 Å². The Kier molecular flexibility index (Phi) is 4.82. The van der Waals surface area contributed by atoms with Crippen molar-refractivity contribution in [1.82, 2.24) is 24.4 Å². The summed E-state index contributed by atoms with van der Waals surface area (Å²) in [6, 6.07) is 4.99. The molecule has 4 aromatic rings. The topological polar surface area (TPSA) is 89.6 Å². The number of hydrogen-bond acceptors (Lipinski definition) is 6. The Balaban J connectivity index is 1.34. The summed E-state index contributed by atoms with van der Waals surface area (Å²) in [5, 5.41) is 12.0. The van der Waals surface area contributed by atoms with Gasteiger partial charge in [0.2, 0.25) is 0 Å². The third-order valence-corrected chi connectivity index (χ3v) is 6.64. The van der Waals surface area contributed by atoms with Crippen LogP contribution in [-0.2, 0) is 10.3 Å². The van der Waals surface area contributed by atoms with Crippen LogP contribution in [0.4, 0.5) is 20.3 Å². The fourth-order valence-electron chi connectivity index (χ4n) is 4.77. The van der Waals surface area contributed by atoms with E-state index >= 15 is 0 Å². The second-order valence-corrected chi connectivity index (χ2v) is 10.1. The molecular weight excluding hydrogens is 456 g/mol. The summed E-state index contributed by atoms with van der Waals surface area (Å²) < 4.78 is 36.7. The number of carbonyl (C=O) groups is 1. The summed E-state index contributed by atoms with van der Waals surface area (Å²) in [4.78, 5) is 20.1. The molecular formula is C24H25F2N7O2. The Hall–Kier alpha value is -3.60. The van der Waals surface area contributed by atoms with Crippen LogP contribution in [0.2, 0.25) is 0 Å². The van der Waals surface area contributed by atoms with Crippen molar-refractivity contribution in [2.45, 2.75) is 51.3 Å². The van der Waals surface area contributed by atoms with Crippen molar-refractivity contribution in [3.05, 3.63) is 47.9 Å². The molecule has 2 aliphatic rings. The minimum absolute atomic E-state index is 0.0375. The predicted molar refractivity (Wildman–Crippen MR) is 126 cm³/mol. The van der Waals surface area contributed by atoms with E-state index in [9.17, 15) is 13.6 Å². The van der Waals surface area contributed by atoms with Gasteiger partial charge in [-0.1, -0.05) is 0 Å². The number of nitrogens with one attached hydrogen (secondary N) is 1. The number of aromatic nitrogens is 5. The Morgan fingerprint density at radius 1 is 1.29 bits per heavy atom. The van der Waals surface area contributed by atoms with Crippen LogP contribution in [0.5, 0.6) is 0 Å². The summed E-state index contributed by atoms with van der Waals surface area (Å²) in [5.74, 6) is 0.188. The Morgan fingerprint density at radius 3 is 2.80 bits per heavy atom. The molecule has 2 saturated heterocycles. The number of anilines is 2. The van der Waals surface area contributed by atoms with E-state index in [4.69, 9.17) is 4.74 Å². The van der Waals surface area contributed by atoms with E-state index in [1.165, 1.54) is 22.8 Å². The van der Waals surface area contributed by atoms with Gasteiger partial charge in [-0.3, -0.25) is 9.48 Å². The molecule has 182 valence electrons. The van der Waals surface area contributed by atoms with Gasteiger partial charge in [-0.25, -0.2) is 18.3 Å². The van der Waals surface area contributed by atoms with Crippen molar-refractivity contribution in [2.75, 3.05) is 23.4 Å². The van der Waals surface area contributed by atoms with Crippen LogP contribution in [-0.4, -0.2) is 55.6 Å². The number of carbonyl (C=O) groups excluding carboxylic acids is 1. The molecule has 9 nitrogen and oxygen atoms in total. The van der Waals surface area contributed by atoms with Gasteiger partial charge < -0.3 is 15.0 Å². The Morgan fingerprint density at radius 2 is 2.11 bits per heavy atom. The maximum atomic E-state index is 13.9. The van der Waals surface area contributed by atoms with Gasteiger partial charge in [-0.2, -0.15) is 10.2 Å². The highest BCUT2D eigenvalue weighted by Crippen LogP contribution is 2.34. The zero-order chi connectivity index (χ0) is 24.5. The van der Waals surface area contributed by atoms with Gasteiger partial charge in [0.15, 0.2) is 5.65 Å². The van der Waals surface area contributed by atoms with Crippen molar-refractivity contribution in [2.24, 2.45) is 0 Å². The molecule has 2 bridgehead atoms. The van der Waals surface area contributed by atoms with E-state index in [1.54, 1.807) is 17.1 Å². The number of ether oxygens (including phenoxy) is 1. The van der Waals surface area contributed by atoms with Crippen LogP contribution in [0, 0.1) is 0 Å². The number of nitrogens with zero attached hydrogens (tertiary/aromatic N) is 6. The molecule has 35 heavy (non-hydrogen) atoms. The van der Waals surface area contributed by atoms with Crippen LogP contribution >= 0.6 is 0 Å². The number of rotatable bonds is 4. The van der Waals surface area contributed by atoms with Gasteiger partial charge in [0.05, 0.1) is 41.7 Å².